The number of aromatic nitrogens is 3. The molecule has 0 saturated heterocycles. The number of rotatable bonds is 8. The van der Waals surface area contributed by atoms with Gasteiger partial charge in [0.05, 0.1) is 0 Å². The molecule has 2 aromatic rings. The fourth-order valence-electron chi connectivity index (χ4n) is 1.88. The van der Waals surface area contributed by atoms with Crippen molar-refractivity contribution in [3.05, 3.63) is 24.3 Å². The molecule has 2 rings (SSSR count). The second-order valence-electron chi connectivity index (χ2n) is 5.82. The summed E-state index contributed by atoms with van der Waals surface area (Å²) in [6.07, 6.45) is -8.73. The summed E-state index contributed by atoms with van der Waals surface area (Å²) in [5.74, 6) is -0.620. The van der Waals surface area contributed by atoms with E-state index in [1.54, 1.807) is 0 Å². The molecule has 0 saturated carbocycles. The number of alkyl halides is 6. The van der Waals surface area contributed by atoms with Crippen LogP contribution in [-0.2, 0) is 0 Å². The standard InChI is InChI=1S/C16H17F6N5O2/c1-3-9(2)23-12-25-13(27-14(26-12)28-8-15(17,18)19)24-10-4-6-11(7-5-10)29-16(20,21)22/h4-7,9H,3,8H2,1-2H3,(H2,23,24,25,26,27). The van der Waals surface area contributed by atoms with E-state index >= 15 is 0 Å². The highest BCUT2D eigenvalue weighted by Gasteiger charge is 2.31. The van der Waals surface area contributed by atoms with Crippen LogP contribution in [0, 0.1) is 0 Å². The van der Waals surface area contributed by atoms with Gasteiger partial charge in [0.1, 0.15) is 5.75 Å². The molecule has 0 aliphatic heterocycles. The molecule has 1 unspecified atom stereocenters. The fourth-order valence-corrected chi connectivity index (χ4v) is 1.88. The second kappa shape index (κ2) is 9.01. The highest BCUT2D eigenvalue weighted by atomic mass is 19.4. The van der Waals surface area contributed by atoms with Gasteiger partial charge in [0.15, 0.2) is 6.61 Å². The van der Waals surface area contributed by atoms with Crippen LogP contribution in [0.2, 0.25) is 0 Å². The maximum absolute atomic E-state index is 12.4. The lowest BCUT2D eigenvalue weighted by Crippen LogP contribution is -2.21. The van der Waals surface area contributed by atoms with Crippen LogP contribution in [0.3, 0.4) is 0 Å². The van der Waals surface area contributed by atoms with E-state index < -0.39 is 30.9 Å². The third kappa shape index (κ3) is 8.27. The molecule has 1 atom stereocenters. The van der Waals surface area contributed by atoms with E-state index in [-0.39, 0.29) is 23.6 Å². The molecule has 160 valence electrons. The van der Waals surface area contributed by atoms with E-state index in [1.165, 1.54) is 12.1 Å². The van der Waals surface area contributed by atoms with Gasteiger partial charge in [-0.15, -0.1) is 13.2 Å². The molecule has 1 aromatic heterocycles. The van der Waals surface area contributed by atoms with Gasteiger partial charge in [-0.25, -0.2) is 0 Å². The molecule has 0 amide bonds. The van der Waals surface area contributed by atoms with Crippen LogP contribution in [0.15, 0.2) is 24.3 Å². The van der Waals surface area contributed by atoms with Gasteiger partial charge >= 0.3 is 18.5 Å². The molecule has 29 heavy (non-hydrogen) atoms. The van der Waals surface area contributed by atoms with Crippen LogP contribution in [0.1, 0.15) is 20.3 Å². The van der Waals surface area contributed by atoms with E-state index in [9.17, 15) is 26.3 Å². The lowest BCUT2D eigenvalue weighted by Gasteiger charge is -2.14. The van der Waals surface area contributed by atoms with Gasteiger partial charge in [0.25, 0.3) is 0 Å². The molecule has 0 spiro atoms. The summed E-state index contributed by atoms with van der Waals surface area (Å²) >= 11 is 0. The van der Waals surface area contributed by atoms with Crippen molar-refractivity contribution in [3.63, 3.8) is 0 Å². The van der Waals surface area contributed by atoms with E-state index in [4.69, 9.17) is 0 Å². The zero-order chi connectivity index (χ0) is 21.7. The van der Waals surface area contributed by atoms with E-state index in [2.05, 4.69) is 35.1 Å². The molecule has 0 aliphatic rings. The average molecular weight is 425 g/mol. The van der Waals surface area contributed by atoms with Crippen LogP contribution in [-0.4, -0.2) is 40.1 Å². The summed E-state index contributed by atoms with van der Waals surface area (Å²) in [5.41, 5.74) is 0.266. The molecule has 0 bridgehead atoms. The zero-order valence-electron chi connectivity index (χ0n) is 15.2. The number of hydrogen-bond donors (Lipinski definition) is 2. The normalized spacial score (nSPS) is 13.0. The van der Waals surface area contributed by atoms with Crippen molar-refractivity contribution in [2.24, 2.45) is 0 Å². The maximum atomic E-state index is 12.4. The van der Waals surface area contributed by atoms with Crippen molar-refractivity contribution in [3.8, 4) is 11.8 Å². The molecule has 0 aliphatic carbocycles. The predicted octanol–water partition coefficient (Wildman–Crippen LogP) is 4.67. The van der Waals surface area contributed by atoms with E-state index in [0.29, 0.717) is 6.42 Å². The number of anilines is 3. The smallest absolute Gasteiger partial charge is 0.454 e. The molecule has 1 heterocycles. The van der Waals surface area contributed by atoms with Gasteiger partial charge in [-0.3, -0.25) is 0 Å². The number of hydrogen-bond acceptors (Lipinski definition) is 7. The topological polar surface area (TPSA) is 81.2 Å². The Kier molecular flexibility index (Phi) is 6.93. The first-order valence-electron chi connectivity index (χ1n) is 8.28. The minimum atomic E-state index is -4.83. The lowest BCUT2D eigenvalue weighted by molar-refractivity contribution is -0.274. The van der Waals surface area contributed by atoms with Crippen LogP contribution < -0.4 is 20.1 Å². The van der Waals surface area contributed by atoms with Crippen molar-refractivity contribution in [2.45, 2.75) is 38.8 Å². The first-order chi connectivity index (χ1) is 13.4. The van der Waals surface area contributed by atoms with Gasteiger partial charge in [-0.05, 0) is 37.6 Å². The molecule has 2 N–H and O–H groups in total. The summed E-state index contributed by atoms with van der Waals surface area (Å²) in [6, 6.07) is 3.96. The number of nitrogens with one attached hydrogen (secondary N) is 2. The van der Waals surface area contributed by atoms with Gasteiger partial charge in [-0.2, -0.15) is 28.1 Å². The van der Waals surface area contributed by atoms with Crippen molar-refractivity contribution in [1.82, 2.24) is 15.0 Å². The molecular formula is C16H17F6N5O2. The third-order valence-corrected chi connectivity index (χ3v) is 3.31. The minimum absolute atomic E-state index is 0.0222. The van der Waals surface area contributed by atoms with Crippen molar-refractivity contribution >= 4 is 17.6 Å². The monoisotopic (exact) mass is 425 g/mol. The lowest BCUT2D eigenvalue weighted by atomic mass is 10.3. The Morgan fingerprint density at radius 1 is 0.966 bits per heavy atom. The molecule has 0 radical (unpaired) electrons. The number of nitrogens with zero attached hydrogens (tertiary/aromatic N) is 3. The highest BCUT2D eigenvalue weighted by molar-refractivity contribution is 5.55. The van der Waals surface area contributed by atoms with Crippen molar-refractivity contribution < 1.29 is 35.8 Å². The Labute approximate surface area is 161 Å². The first kappa shape index (κ1) is 22.3. The SMILES string of the molecule is CCC(C)Nc1nc(Nc2ccc(OC(F)(F)F)cc2)nc(OCC(F)(F)F)n1. The fraction of sp³-hybridized carbons (Fsp3) is 0.438. The molecule has 7 nitrogen and oxygen atoms in total. The van der Waals surface area contributed by atoms with Crippen molar-refractivity contribution in [2.75, 3.05) is 17.2 Å². The summed E-state index contributed by atoms with van der Waals surface area (Å²) in [7, 11) is 0. The molecule has 0 fully saturated rings. The quantitative estimate of drug-likeness (QED) is 0.595. The van der Waals surface area contributed by atoms with E-state index in [0.717, 1.165) is 12.1 Å². The average Bonchev–Trinajstić information content (AvgIpc) is 2.59. The molecule has 1 aromatic carbocycles. The second-order valence-corrected chi connectivity index (χ2v) is 5.82. The highest BCUT2D eigenvalue weighted by Crippen LogP contribution is 2.25. The summed E-state index contributed by atoms with van der Waals surface area (Å²) in [5, 5.41) is 5.54. The van der Waals surface area contributed by atoms with Crippen LogP contribution in [0.4, 0.5) is 43.9 Å². The molecule has 13 heteroatoms. The number of ether oxygens (including phenoxy) is 2. The Morgan fingerprint density at radius 3 is 2.14 bits per heavy atom. The minimum Gasteiger partial charge on any atom is -0.454 e. The van der Waals surface area contributed by atoms with Gasteiger partial charge < -0.3 is 20.1 Å². The van der Waals surface area contributed by atoms with E-state index in [1.807, 2.05) is 13.8 Å². The third-order valence-electron chi connectivity index (χ3n) is 3.31. The van der Waals surface area contributed by atoms with Gasteiger partial charge in [0.2, 0.25) is 11.9 Å². The molecular weight excluding hydrogens is 408 g/mol. The Balaban J connectivity index is 2.19. The predicted molar refractivity (Wildman–Crippen MR) is 91.2 cm³/mol. The number of halogens is 6. The summed E-state index contributed by atoms with van der Waals surface area (Å²) in [6.45, 7) is 2.10. The largest absolute Gasteiger partial charge is 0.573 e. The Morgan fingerprint density at radius 2 is 1.59 bits per heavy atom. The summed E-state index contributed by atoms with van der Waals surface area (Å²) < 4.78 is 82.1. The van der Waals surface area contributed by atoms with Gasteiger partial charge in [0, 0.05) is 11.7 Å². The zero-order valence-corrected chi connectivity index (χ0v) is 15.2. The summed E-state index contributed by atoms with van der Waals surface area (Å²) in [4.78, 5) is 11.5. The van der Waals surface area contributed by atoms with Crippen molar-refractivity contribution in [1.29, 1.82) is 0 Å². The van der Waals surface area contributed by atoms with Crippen LogP contribution in [0.5, 0.6) is 11.8 Å². The van der Waals surface area contributed by atoms with Crippen LogP contribution >= 0.6 is 0 Å². The van der Waals surface area contributed by atoms with Gasteiger partial charge in [-0.1, -0.05) is 6.92 Å². The Bertz CT molecular complexity index is 798. The maximum Gasteiger partial charge on any atom is 0.573 e. The number of benzene rings is 1. The first-order valence-corrected chi connectivity index (χ1v) is 8.28. The Hall–Kier alpha value is -2.99. The van der Waals surface area contributed by atoms with Crippen LogP contribution in [0.25, 0.3) is 0 Å².